The number of rotatable bonds is 5. The van der Waals surface area contributed by atoms with E-state index in [0.717, 1.165) is 12.1 Å². The van der Waals surface area contributed by atoms with Crippen molar-refractivity contribution < 1.29 is 23.0 Å². The Labute approximate surface area is 138 Å². The third-order valence-electron chi connectivity index (χ3n) is 3.40. The molecule has 0 saturated heterocycles. The number of nitrogens with one attached hydrogen (secondary N) is 2. The van der Waals surface area contributed by atoms with Gasteiger partial charge in [-0.25, -0.2) is 13.6 Å². The minimum Gasteiger partial charge on any atom is -0.497 e. The highest BCUT2D eigenvalue weighted by molar-refractivity contribution is 5.90. The summed E-state index contributed by atoms with van der Waals surface area (Å²) >= 11 is 0. The van der Waals surface area contributed by atoms with Crippen LogP contribution in [0.3, 0.4) is 0 Å². The summed E-state index contributed by atoms with van der Waals surface area (Å²) in [5.41, 5.74) is 0.924. The van der Waals surface area contributed by atoms with Crippen LogP contribution < -0.4 is 20.1 Å². The number of hydrogen-bond acceptors (Lipinski definition) is 3. The van der Waals surface area contributed by atoms with Crippen LogP contribution in [0.25, 0.3) is 0 Å². The molecule has 0 heterocycles. The molecule has 0 aliphatic heterocycles. The lowest BCUT2D eigenvalue weighted by Gasteiger charge is -2.16. The third kappa shape index (κ3) is 4.34. The van der Waals surface area contributed by atoms with E-state index >= 15 is 0 Å². The van der Waals surface area contributed by atoms with Crippen LogP contribution in [0, 0.1) is 11.6 Å². The van der Waals surface area contributed by atoms with E-state index in [1.54, 1.807) is 25.1 Å². The van der Waals surface area contributed by atoms with Crippen LogP contribution in [-0.2, 0) is 0 Å². The molecule has 2 rings (SSSR count). The fraction of sp³-hybridized carbons (Fsp3) is 0.235. The van der Waals surface area contributed by atoms with Gasteiger partial charge in [-0.3, -0.25) is 0 Å². The number of carbonyl (C=O) groups is 1. The predicted molar refractivity (Wildman–Crippen MR) is 86.5 cm³/mol. The molecule has 0 unspecified atom stereocenters. The largest absolute Gasteiger partial charge is 0.497 e. The maximum Gasteiger partial charge on any atom is 0.319 e. The second kappa shape index (κ2) is 7.63. The van der Waals surface area contributed by atoms with Gasteiger partial charge in [0.15, 0.2) is 11.6 Å². The summed E-state index contributed by atoms with van der Waals surface area (Å²) in [4.78, 5) is 12.1. The Kier molecular flexibility index (Phi) is 5.57. The Morgan fingerprint density at radius 3 is 2.17 bits per heavy atom. The number of ether oxygens (including phenoxy) is 2. The van der Waals surface area contributed by atoms with Gasteiger partial charge in [0.1, 0.15) is 11.5 Å². The van der Waals surface area contributed by atoms with Crippen molar-refractivity contribution in [1.29, 1.82) is 0 Å². The first kappa shape index (κ1) is 17.5. The zero-order valence-corrected chi connectivity index (χ0v) is 13.5. The summed E-state index contributed by atoms with van der Waals surface area (Å²) in [7, 11) is 3.01. The lowest BCUT2D eigenvalue weighted by molar-refractivity contribution is 0.249. The highest BCUT2D eigenvalue weighted by Gasteiger charge is 2.13. The average molecular weight is 336 g/mol. The second-order valence-electron chi connectivity index (χ2n) is 5.10. The van der Waals surface area contributed by atoms with Crippen LogP contribution in [0.4, 0.5) is 19.3 Å². The van der Waals surface area contributed by atoms with Crippen molar-refractivity contribution in [3.63, 3.8) is 0 Å². The molecule has 0 fully saturated rings. The first-order valence-corrected chi connectivity index (χ1v) is 7.18. The molecule has 0 bridgehead atoms. The van der Waals surface area contributed by atoms with Gasteiger partial charge in [-0.05, 0) is 24.6 Å². The van der Waals surface area contributed by atoms with Gasteiger partial charge in [0.25, 0.3) is 0 Å². The molecule has 0 saturated carbocycles. The smallest absolute Gasteiger partial charge is 0.319 e. The normalized spacial score (nSPS) is 11.5. The Morgan fingerprint density at radius 1 is 1.00 bits per heavy atom. The second-order valence-corrected chi connectivity index (χ2v) is 5.10. The Hall–Kier alpha value is -2.83. The molecular weight excluding hydrogens is 318 g/mol. The molecule has 128 valence electrons. The monoisotopic (exact) mass is 336 g/mol. The van der Waals surface area contributed by atoms with Crippen molar-refractivity contribution in [2.75, 3.05) is 19.5 Å². The summed E-state index contributed by atoms with van der Waals surface area (Å²) < 4.78 is 36.5. The van der Waals surface area contributed by atoms with Crippen molar-refractivity contribution in [3.05, 3.63) is 53.6 Å². The molecule has 0 spiro atoms. The number of amides is 2. The first-order valence-electron chi connectivity index (χ1n) is 7.18. The molecule has 2 aromatic rings. The van der Waals surface area contributed by atoms with Crippen molar-refractivity contribution in [1.82, 2.24) is 5.32 Å². The number of hydrogen-bond donors (Lipinski definition) is 2. The van der Waals surface area contributed by atoms with Gasteiger partial charge >= 0.3 is 6.03 Å². The Balaban J connectivity index is 2.06. The van der Waals surface area contributed by atoms with Crippen molar-refractivity contribution >= 4 is 11.7 Å². The fourth-order valence-corrected chi connectivity index (χ4v) is 2.11. The molecule has 24 heavy (non-hydrogen) atoms. The maximum absolute atomic E-state index is 13.3. The van der Waals surface area contributed by atoms with Crippen LogP contribution in [0.15, 0.2) is 36.4 Å². The first-order chi connectivity index (χ1) is 11.4. The van der Waals surface area contributed by atoms with E-state index in [1.807, 2.05) is 0 Å². The molecule has 5 nitrogen and oxygen atoms in total. The van der Waals surface area contributed by atoms with E-state index in [9.17, 15) is 13.6 Å². The summed E-state index contributed by atoms with van der Waals surface area (Å²) in [5.74, 6) is -0.838. The number of halogens is 2. The summed E-state index contributed by atoms with van der Waals surface area (Å²) in [6, 6.07) is 7.41. The van der Waals surface area contributed by atoms with Gasteiger partial charge in [0.2, 0.25) is 0 Å². The summed E-state index contributed by atoms with van der Waals surface area (Å²) in [6.45, 7) is 1.67. The predicted octanol–water partition coefficient (Wildman–Crippen LogP) is 3.86. The Morgan fingerprint density at radius 2 is 1.62 bits per heavy atom. The highest BCUT2D eigenvalue weighted by Crippen LogP contribution is 2.26. The zero-order chi connectivity index (χ0) is 17.7. The lowest BCUT2D eigenvalue weighted by atomic mass is 10.1. The van der Waals surface area contributed by atoms with Gasteiger partial charge in [-0.2, -0.15) is 0 Å². The summed E-state index contributed by atoms with van der Waals surface area (Å²) in [6.07, 6.45) is 0. The number of carbonyl (C=O) groups excluding carboxylic acids is 1. The third-order valence-corrected chi connectivity index (χ3v) is 3.40. The number of anilines is 1. The van der Waals surface area contributed by atoms with E-state index < -0.39 is 23.7 Å². The van der Waals surface area contributed by atoms with Crippen LogP contribution >= 0.6 is 0 Å². The van der Waals surface area contributed by atoms with Crippen LogP contribution in [0.1, 0.15) is 18.5 Å². The van der Waals surface area contributed by atoms with E-state index in [1.165, 1.54) is 20.3 Å². The lowest BCUT2D eigenvalue weighted by Crippen LogP contribution is -2.31. The molecule has 0 aromatic heterocycles. The number of benzene rings is 2. The van der Waals surface area contributed by atoms with E-state index in [0.29, 0.717) is 22.7 Å². The molecule has 0 aliphatic carbocycles. The molecule has 2 N–H and O–H groups in total. The molecule has 0 radical (unpaired) electrons. The van der Waals surface area contributed by atoms with E-state index in [4.69, 9.17) is 9.47 Å². The van der Waals surface area contributed by atoms with Gasteiger partial charge in [-0.1, -0.05) is 6.07 Å². The van der Waals surface area contributed by atoms with Gasteiger partial charge in [0, 0.05) is 23.9 Å². The molecule has 2 aromatic carbocycles. The highest BCUT2D eigenvalue weighted by atomic mass is 19.2. The van der Waals surface area contributed by atoms with Crippen molar-refractivity contribution in [2.45, 2.75) is 13.0 Å². The summed E-state index contributed by atoms with van der Waals surface area (Å²) in [5, 5.41) is 5.29. The van der Waals surface area contributed by atoms with E-state index in [2.05, 4.69) is 10.6 Å². The van der Waals surface area contributed by atoms with Gasteiger partial charge in [0.05, 0.1) is 20.3 Å². The minimum absolute atomic E-state index is 0.451. The SMILES string of the molecule is COc1cc(NC(=O)N[C@@H](C)c2ccc(F)c(F)c2)cc(OC)c1. The van der Waals surface area contributed by atoms with Crippen LogP contribution in [0.5, 0.6) is 11.5 Å². The molecule has 1 atom stereocenters. The van der Waals surface area contributed by atoms with Gasteiger partial charge < -0.3 is 20.1 Å². The van der Waals surface area contributed by atoms with Crippen LogP contribution in [0.2, 0.25) is 0 Å². The zero-order valence-electron chi connectivity index (χ0n) is 13.5. The molecular formula is C17H18F2N2O3. The number of methoxy groups -OCH3 is 2. The van der Waals surface area contributed by atoms with E-state index in [-0.39, 0.29) is 0 Å². The average Bonchev–Trinajstić information content (AvgIpc) is 2.56. The van der Waals surface area contributed by atoms with Crippen molar-refractivity contribution in [3.8, 4) is 11.5 Å². The minimum atomic E-state index is -0.959. The molecule has 7 heteroatoms. The molecule has 2 amide bonds. The topological polar surface area (TPSA) is 59.6 Å². The maximum atomic E-state index is 13.3. The molecule has 0 aliphatic rings. The van der Waals surface area contributed by atoms with Crippen molar-refractivity contribution in [2.24, 2.45) is 0 Å². The number of urea groups is 1. The Bertz CT molecular complexity index is 716. The quantitative estimate of drug-likeness (QED) is 0.871. The van der Waals surface area contributed by atoms with Crippen LogP contribution in [-0.4, -0.2) is 20.3 Å². The standard InChI is InChI=1S/C17H18F2N2O3/c1-10(11-4-5-15(18)16(19)6-11)20-17(22)21-12-7-13(23-2)9-14(8-12)24-3/h4-10H,1-3H3,(H2,20,21,22)/t10-/m0/s1. The van der Waals surface area contributed by atoms with Gasteiger partial charge in [-0.15, -0.1) is 0 Å². The fourth-order valence-electron chi connectivity index (χ4n) is 2.11.